The maximum atomic E-state index is 11.1. The lowest BCUT2D eigenvalue weighted by Crippen LogP contribution is -1.95. The van der Waals surface area contributed by atoms with Crippen molar-refractivity contribution in [1.82, 2.24) is 0 Å². The van der Waals surface area contributed by atoms with Gasteiger partial charge in [-0.15, -0.1) is 11.8 Å². The molecule has 0 unspecified atom stereocenters. The summed E-state index contributed by atoms with van der Waals surface area (Å²) in [6.07, 6.45) is 0. The Balaban J connectivity index is 2.23. The maximum Gasteiger partial charge on any atom is 0.274 e. The number of hydrogen-bond acceptors (Lipinski definition) is 4. The fourth-order valence-corrected chi connectivity index (χ4v) is 3.19. The molecule has 0 radical (unpaired) electrons. The summed E-state index contributed by atoms with van der Waals surface area (Å²) >= 11 is 4.81. The highest BCUT2D eigenvalue weighted by molar-refractivity contribution is 9.10. The number of nitro groups is 1. The van der Waals surface area contributed by atoms with Crippen LogP contribution in [0.4, 0.5) is 11.4 Å². The summed E-state index contributed by atoms with van der Waals surface area (Å²) in [6.45, 7) is 1.95. The van der Waals surface area contributed by atoms with E-state index in [4.69, 9.17) is 5.73 Å². The Morgan fingerprint density at radius 2 is 2.10 bits per heavy atom. The fraction of sp³-hybridized carbons (Fsp3) is 0.143. The van der Waals surface area contributed by atoms with Crippen molar-refractivity contribution in [3.05, 3.63) is 62.1 Å². The minimum atomic E-state index is -0.354. The molecule has 0 aliphatic heterocycles. The molecule has 2 rings (SSSR count). The Bertz CT molecular complexity index is 662. The van der Waals surface area contributed by atoms with Crippen LogP contribution in [0.5, 0.6) is 0 Å². The predicted octanol–water partition coefficient (Wildman–Crippen LogP) is 4.54. The van der Waals surface area contributed by atoms with Gasteiger partial charge in [0.25, 0.3) is 5.69 Å². The zero-order valence-corrected chi connectivity index (χ0v) is 13.2. The zero-order chi connectivity index (χ0) is 14.7. The van der Waals surface area contributed by atoms with Gasteiger partial charge in [-0.3, -0.25) is 10.1 Å². The molecule has 20 heavy (non-hydrogen) atoms. The van der Waals surface area contributed by atoms with Crippen molar-refractivity contribution >= 4 is 39.1 Å². The van der Waals surface area contributed by atoms with Crippen molar-refractivity contribution < 1.29 is 4.92 Å². The van der Waals surface area contributed by atoms with E-state index in [9.17, 15) is 10.1 Å². The first-order valence-corrected chi connectivity index (χ1v) is 7.67. The van der Waals surface area contributed by atoms with Crippen LogP contribution in [-0.2, 0) is 5.75 Å². The fourth-order valence-electron chi connectivity index (χ4n) is 1.77. The predicted molar refractivity (Wildman–Crippen MR) is 85.9 cm³/mol. The van der Waals surface area contributed by atoms with Crippen LogP contribution < -0.4 is 5.73 Å². The van der Waals surface area contributed by atoms with Gasteiger partial charge in [-0.05, 0) is 30.7 Å². The van der Waals surface area contributed by atoms with Crippen LogP contribution in [0.25, 0.3) is 0 Å². The Morgan fingerprint density at radius 3 is 2.80 bits per heavy atom. The van der Waals surface area contributed by atoms with Gasteiger partial charge in [-0.1, -0.05) is 28.1 Å². The van der Waals surface area contributed by atoms with Crippen molar-refractivity contribution in [1.29, 1.82) is 0 Å². The second-order valence-electron chi connectivity index (χ2n) is 4.29. The summed E-state index contributed by atoms with van der Waals surface area (Å²) in [5, 5.41) is 11.1. The SMILES string of the molecule is Cc1c(N)cccc1SCc1ccc(Br)cc1[N+](=O)[O-]. The number of hydrogen-bond donors (Lipinski definition) is 1. The molecule has 104 valence electrons. The molecule has 0 aliphatic rings. The summed E-state index contributed by atoms with van der Waals surface area (Å²) in [7, 11) is 0. The standard InChI is InChI=1S/C14H13BrN2O2S/c1-9-12(16)3-2-4-14(9)20-8-10-5-6-11(15)7-13(10)17(18)19/h2-7H,8,16H2,1H3. The van der Waals surface area contributed by atoms with E-state index in [1.807, 2.05) is 31.2 Å². The quantitative estimate of drug-likeness (QED) is 0.379. The van der Waals surface area contributed by atoms with Crippen LogP contribution in [-0.4, -0.2) is 4.92 Å². The first kappa shape index (κ1) is 14.9. The number of nitrogens with zero attached hydrogens (tertiary/aromatic N) is 1. The van der Waals surface area contributed by atoms with Crippen molar-refractivity contribution in [3.8, 4) is 0 Å². The van der Waals surface area contributed by atoms with Gasteiger partial charge in [0.1, 0.15) is 0 Å². The van der Waals surface area contributed by atoms with Crippen LogP contribution in [0, 0.1) is 17.0 Å². The number of anilines is 1. The number of nitro benzene ring substituents is 1. The molecule has 4 nitrogen and oxygen atoms in total. The second kappa shape index (κ2) is 6.28. The molecule has 0 bridgehead atoms. The molecule has 6 heteroatoms. The molecule has 2 aromatic carbocycles. The highest BCUT2D eigenvalue weighted by Crippen LogP contribution is 2.32. The van der Waals surface area contributed by atoms with E-state index in [0.29, 0.717) is 15.8 Å². The van der Waals surface area contributed by atoms with Gasteiger partial charge in [0, 0.05) is 32.4 Å². The third-order valence-electron chi connectivity index (χ3n) is 2.95. The monoisotopic (exact) mass is 352 g/mol. The van der Waals surface area contributed by atoms with E-state index in [1.165, 1.54) is 6.07 Å². The van der Waals surface area contributed by atoms with Gasteiger partial charge < -0.3 is 5.73 Å². The van der Waals surface area contributed by atoms with Crippen molar-refractivity contribution in [2.24, 2.45) is 0 Å². The highest BCUT2D eigenvalue weighted by atomic mass is 79.9. The minimum absolute atomic E-state index is 0.133. The summed E-state index contributed by atoms with van der Waals surface area (Å²) < 4.78 is 0.707. The zero-order valence-electron chi connectivity index (χ0n) is 10.8. The molecule has 0 saturated heterocycles. The number of thioether (sulfide) groups is 1. The Kier molecular flexibility index (Phi) is 4.67. The number of nitrogens with two attached hydrogens (primary N) is 1. The minimum Gasteiger partial charge on any atom is -0.398 e. The molecular formula is C14H13BrN2O2S. The molecule has 2 aromatic rings. The van der Waals surface area contributed by atoms with Crippen LogP contribution in [0.1, 0.15) is 11.1 Å². The second-order valence-corrected chi connectivity index (χ2v) is 6.22. The van der Waals surface area contributed by atoms with Crippen molar-refractivity contribution in [2.45, 2.75) is 17.6 Å². The first-order valence-electron chi connectivity index (χ1n) is 5.89. The number of halogens is 1. The Hall–Kier alpha value is -1.53. The van der Waals surface area contributed by atoms with E-state index >= 15 is 0 Å². The normalized spacial score (nSPS) is 10.5. The molecule has 0 heterocycles. The topological polar surface area (TPSA) is 69.2 Å². The Labute approximate surface area is 129 Å². The molecule has 0 spiro atoms. The van der Waals surface area contributed by atoms with Gasteiger partial charge in [-0.2, -0.15) is 0 Å². The van der Waals surface area contributed by atoms with E-state index < -0.39 is 0 Å². The first-order chi connectivity index (χ1) is 9.49. The smallest absolute Gasteiger partial charge is 0.274 e. The molecule has 0 aromatic heterocycles. The number of rotatable bonds is 4. The lowest BCUT2D eigenvalue weighted by Gasteiger charge is -2.08. The average Bonchev–Trinajstić information content (AvgIpc) is 2.41. The lowest BCUT2D eigenvalue weighted by atomic mass is 10.2. The Morgan fingerprint density at radius 1 is 1.35 bits per heavy atom. The summed E-state index contributed by atoms with van der Waals surface area (Å²) in [6, 6.07) is 10.8. The molecule has 0 atom stereocenters. The highest BCUT2D eigenvalue weighted by Gasteiger charge is 2.14. The van der Waals surface area contributed by atoms with Crippen LogP contribution in [0.15, 0.2) is 45.8 Å². The van der Waals surface area contributed by atoms with E-state index in [0.717, 1.165) is 16.1 Å². The molecular weight excluding hydrogens is 340 g/mol. The van der Waals surface area contributed by atoms with Crippen LogP contribution in [0.3, 0.4) is 0 Å². The largest absolute Gasteiger partial charge is 0.398 e. The number of benzene rings is 2. The van der Waals surface area contributed by atoms with E-state index in [1.54, 1.807) is 17.8 Å². The third-order valence-corrected chi connectivity index (χ3v) is 4.66. The molecule has 0 aliphatic carbocycles. The van der Waals surface area contributed by atoms with Crippen LogP contribution >= 0.6 is 27.7 Å². The summed E-state index contributed by atoms with van der Waals surface area (Å²) in [4.78, 5) is 11.8. The third kappa shape index (κ3) is 3.32. The van der Waals surface area contributed by atoms with E-state index in [-0.39, 0.29) is 10.6 Å². The van der Waals surface area contributed by atoms with Gasteiger partial charge in [0.15, 0.2) is 0 Å². The molecule has 0 amide bonds. The summed E-state index contributed by atoms with van der Waals surface area (Å²) in [5.41, 5.74) is 8.44. The molecule has 0 saturated carbocycles. The average molecular weight is 353 g/mol. The van der Waals surface area contributed by atoms with Gasteiger partial charge in [-0.25, -0.2) is 0 Å². The van der Waals surface area contributed by atoms with Gasteiger partial charge in [0.2, 0.25) is 0 Å². The molecule has 2 N–H and O–H groups in total. The van der Waals surface area contributed by atoms with Gasteiger partial charge >= 0.3 is 0 Å². The van der Waals surface area contributed by atoms with Crippen LogP contribution in [0.2, 0.25) is 0 Å². The number of nitrogen functional groups attached to an aromatic ring is 1. The van der Waals surface area contributed by atoms with Crippen molar-refractivity contribution in [3.63, 3.8) is 0 Å². The van der Waals surface area contributed by atoms with E-state index in [2.05, 4.69) is 15.9 Å². The van der Waals surface area contributed by atoms with Gasteiger partial charge in [0.05, 0.1) is 4.92 Å². The maximum absolute atomic E-state index is 11.1. The molecule has 0 fully saturated rings. The lowest BCUT2D eigenvalue weighted by molar-refractivity contribution is -0.385. The summed E-state index contributed by atoms with van der Waals surface area (Å²) in [5.74, 6) is 0.536. The van der Waals surface area contributed by atoms with Crippen molar-refractivity contribution in [2.75, 3.05) is 5.73 Å².